The molecule has 2 rings (SSSR count). The predicted molar refractivity (Wildman–Crippen MR) is 101 cm³/mol. The Morgan fingerprint density at radius 1 is 1.14 bits per heavy atom. The van der Waals surface area contributed by atoms with Crippen LogP contribution in [-0.2, 0) is 17.4 Å². The fraction of sp³-hybridized carbons (Fsp3) is 0.300. The molecule has 0 fully saturated rings. The number of benzene rings is 1. The second kappa shape index (κ2) is 9.36. The summed E-state index contributed by atoms with van der Waals surface area (Å²) < 4.78 is 37.7. The Hall–Kier alpha value is -2.87. The zero-order chi connectivity index (χ0) is 20.7. The summed E-state index contributed by atoms with van der Waals surface area (Å²) in [6, 6.07) is 8.30. The highest BCUT2D eigenvalue weighted by Crippen LogP contribution is 2.29. The molecule has 0 saturated carbocycles. The van der Waals surface area contributed by atoms with Crippen LogP contribution in [0.1, 0.15) is 36.1 Å². The first-order valence-electron chi connectivity index (χ1n) is 8.71. The van der Waals surface area contributed by atoms with Gasteiger partial charge in [0.1, 0.15) is 5.82 Å². The van der Waals surface area contributed by atoms with Crippen molar-refractivity contribution in [1.29, 1.82) is 0 Å². The summed E-state index contributed by atoms with van der Waals surface area (Å²) in [5.74, 6) is -0.0603. The number of rotatable bonds is 7. The third kappa shape index (κ3) is 5.82. The number of nitrogens with zero attached hydrogens (tertiary/aromatic N) is 1. The van der Waals surface area contributed by atoms with Gasteiger partial charge in [0, 0.05) is 18.8 Å². The molecular formula is C20H23F3N4O. The van der Waals surface area contributed by atoms with Gasteiger partial charge in [-0.25, -0.2) is 0 Å². The van der Waals surface area contributed by atoms with Crippen LogP contribution in [0.15, 0.2) is 60.2 Å². The number of aryl methyl sites for hydroxylation is 1. The Morgan fingerprint density at radius 3 is 2.29 bits per heavy atom. The number of nitrogens with two attached hydrogens (primary N) is 1. The summed E-state index contributed by atoms with van der Waals surface area (Å²) in [4.78, 5) is 16.1. The van der Waals surface area contributed by atoms with Crippen LogP contribution in [0.4, 0.5) is 13.2 Å². The molecule has 0 radical (unpaired) electrons. The molecule has 150 valence electrons. The number of carbonyl (C=O) groups excluding carboxylic acids is 1. The molecule has 1 heterocycles. The van der Waals surface area contributed by atoms with E-state index < -0.39 is 11.7 Å². The number of alkyl halides is 3. The third-order valence-corrected chi connectivity index (χ3v) is 4.38. The number of amides is 1. The molecule has 1 unspecified atom stereocenters. The molecule has 0 spiro atoms. The lowest BCUT2D eigenvalue weighted by molar-refractivity contribution is -0.137. The lowest BCUT2D eigenvalue weighted by Gasteiger charge is -2.20. The summed E-state index contributed by atoms with van der Waals surface area (Å²) in [5, 5.41) is 5.79. The highest BCUT2D eigenvalue weighted by Gasteiger charge is 2.29. The van der Waals surface area contributed by atoms with Crippen molar-refractivity contribution in [3.8, 4) is 0 Å². The molecule has 4 N–H and O–H groups in total. The van der Waals surface area contributed by atoms with Crippen molar-refractivity contribution in [2.45, 2.75) is 32.0 Å². The van der Waals surface area contributed by atoms with Crippen LogP contribution in [0.5, 0.6) is 0 Å². The van der Waals surface area contributed by atoms with Gasteiger partial charge in [-0.05, 0) is 61.4 Å². The van der Waals surface area contributed by atoms with Crippen LogP contribution in [0.25, 0.3) is 0 Å². The van der Waals surface area contributed by atoms with Crippen molar-refractivity contribution < 1.29 is 18.0 Å². The van der Waals surface area contributed by atoms with Crippen LogP contribution in [0.2, 0.25) is 0 Å². The van der Waals surface area contributed by atoms with Gasteiger partial charge < -0.3 is 16.4 Å². The van der Waals surface area contributed by atoms with E-state index in [0.717, 1.165) is 23.3 Å². The Bertz CT molecular complexity index is 818. The Balaban J connectivity index is 1.96. The van der Waals surface area contributed by atoms with Crippen LogP contribution in [0.3, 0.4) is 0 Å². The Morgan fingerprint density at radius 2 is 1.75 bits per heavy atom. The van der Waals surface area contributed by atoms with E-state index in [1.54, 1.807) is 19.4 Å². The number of hydrogen-bond acceptors (Lipinski definition) is 4. The van der Waals surface area contributed by atoms with E-state index in [-0.39, 0.29) is 24.2 Å². The van der Waals surface area contributed by atoms with Gasteiger partial charge >= 0.3 is 6.18 Å². The third-order valence-electron chi connectivity index (χ3n) is 4.38. The van der Waals surface area contributed by atoms with Gasteiger partial charge in [0.25, 0.3) is 0 Å². The molecule has 1 aromatic carbocycles. The number of nitrogens with one attached hydrogen (secondary N) is 2. The minimum atomic E-state index is -4.37. The van der Waals surface area contributed by atoms with E-state index in [4.69, 9.17) is 5.73 Å². The lowest BCUT2D eigenvalue weighted by atomic mass is 10.0. The summed E-state index contributed by atoms with van der Waals surface area (Å²) in [7, 11) is 1.79. The first kappa shape index (κ1) is 21.4. The van der Waals surface area contributed by atoms with Gasteiger partial charge in [-0.2, -0.15) is 13.2 Å². The fourth-order valence-electron chi connectivity index (χ4n) is 2.77. The summed E-state index contributed by atoms with van der Waals surface area (Å²) in [6.45, 7) is 1.81. The molecule has 1 atom stereocenters. The zero-order valence-electron chi connectivity index (χ0n) is 15.7. The summed E-state index contributed by atoms with van der Waals surface area (Å²) in [5.41, 5.74) is 7.67. The van der Waals surface area contributed by atoms with Gasteiger partial charge in [-0.15, -0.1) is 0 Å². The van der Waals surface area contributed by atoms with Crippen molar-refractivity contribution in [2.75, 3.05) is 7.05 Å². The summed E-state index contributed by atoms with van der Waals surface area (Å²) >= 11 is 0. The lowest BCUT2D eigenvalue weighted by Crippen LogP contribution is -2.31. The molecule has 0 aliphatic carbocycles. The van der Waals surface area contributed by atoms with E-state index >= 15 is 0 Å². The molecule has 0 saturated heterocycles. The van der Waals surface area contributed by atoms with E-state index in [1.165, 1.54) is 12.1 Å². The average molecular weight is 392 g/mol. The maximum Gasteiger partial charge on any atom is 0.416 e. The number of likely N-dealkylation sites (N-methyl/N-ethyl adjacent to an activating group) is 1. The second-order valence-corrected chi connectivity index (χ2v) is 6.34. The number of hydrogen-bond donors (Lipinski definition) is 3. The molecule has 0 aliphatic heterocycles. The normalized spacial score (nSPS) is 13.6. The summed E-state index contributed by atoms with van der Waals surface area (Å²) in [6.07, 6.45) is -0.599. The molecule has 0 bridgehead atoms. The van der Waals surface area contributed by atoms with E-state index in [1.807, 2.05) is 19.1 Å². The fourth-order valence-corrected chi connectivity index (χ4v) is 2.77. The predicted octanol–water partition coefficient (Wildman–Crippen LogP) is 3.30. The molecular weight excluding hydrogens is 369 g/mol. The SMILES string of the molecule is CNC(/C(C)=C(\N)NC(=O)CCc1ccc(C(F)(F)F)cc1)c1ccncc1. The van der Waals surface area contributed by atoms with Crippen molar-refractivity contribution >= 4 is 5.91 Å². The largest absolute Gasteiger partial charge is 0.416 e. The van der Waals surface area contributed by atoms with Crippen LogP contribution >= 0.6 is 0 Å². The Kier molecular flexibility index (Phi) is 7.17. The smallest absolute Gasteiger partial charge is 0.385 e. The highest BCUT2D eigenvalue weighted by molar-refractivity contribution is 5.78. The van der Waals surface area contributed by atoms with Gasteiger partial charge in [0.15, 0.2) is 0 Å². The first-order chi connectivity index (χ1) is 13.2. The standard InChI is InChI=1S/C20H23F3N4O/c1-13(18(25-2)15-9-11-26-12-10-15)19(24)27-17(28)8-5-14-3-6-16(7-4-14)20(21,22)23/h3-4,6-7,9-12,18,25H,5,8,24H2,1-2H3,(H,27,28)/b19-13+. The molecule has 5 nitrogen and oxygen atoms in total. The zero-order valence-corrected chi connectivity index (χ0v) is 15.7. The van der Waals surface area contributed by atoms with Crippen molar-refractivity contribution in [2.24, 2.45) is 5.73 Å². The first-order valence-corrected chi connectivity index (χ1v) is 8.71. The van der Waals surface area contributed by atoms with E-state index in [2.05, 4.69) is 15.6 Å². The molecule has 1 amide bonds. The Labute approximate surface area is 161 Å². The maximum atomic E-state index is 12.6. The second-order valence-electron chi connectivity index (χ2n) is 6.34. The quantitative estimate of drug-likeness (QED) is 0.676. The van der Waals surface area contributed by atoms with Gasteiger partial charge in [-0.1, -0.05) is 12.1 Å². The number of carbonyl (C=O) groups is 1. The van der Waals surface area contributed by atoms with Gasteiger partial charge in [0.2, 0.25) is 5.91 Å². The molecule has 28 heavy (non-hydrogen) atoms. The van der Waals surface area contributed by atoms with E-state index in [9.17, 15) is 18.0 Å². The van der Waals surface area contributed by atoms with Gasteiger partial charge in [0.05, 0.1) is 11.6 Å². The van der Waals surface area contributed by atoms with Crippen molar-refractivity contribution in [3.05, 3.63) is 76.9 Å². The molecule has 0 aliphatic rings. The number of aromatic nitrogens is 1. The average Bonchev–Trinajstić information content (AvgIpc) is 2.67. The monoisotopic (exact) mass is 392 g/mol. The van der Waals surface area contributed by atoms with Crippen LogP contribution in [-0.4, -0.2) is 17.9 Å². The maximum absolute atomic E-state index is 12.6. The number of pyridine rings is 1. The van der Waals surface area contributed by atoms with E-state index in [0.29, 0.717) is 12.0 Å². The van der Waals surface area contributed by atoms with Crippen LogP contribution in [0, 0.1) is 0 Å². The minimum Gasteiger partial charge on any atom is -0.385 e. The topological polar surface area (TPSA) is 80.0 Å². The van der Waals surface area contributed by atoms with Crippen molar-refractivity contribution in [1.82, 2.24) is 15.6 Å². The highest BCUT2D eigenvalue weighted by atomic mass is 19.4. The molecule has 1 aromatic heterocycles. The minimum absolute atomic E-state index is 0.110. The number of halogens is 3. The molecule has 8 heteroatoms. The van der Waals surface area contributed by atoms with Crippen LogP contribution < -0.4 is 16.4 Å². The van der Waals surface area contributed by atoms with Gasteiger partial charge in [-0.3, -0.25) is 9.78 Å². The van der Waals surface area contributed by atoms with Crippen molar-refractivity contribution in [3.63, 3.8) is 0 Å². The molecule has 2 aromatic rings.